The first kappa shape index (κ1) is 19.2. The maximum atomic E-state index is 5.48. The van der Waals surface area contributed by atoms with Crippen molar-refractivity contribution in [1.82, 2.24) is 20.2 Å². The average molecular weight is 393 g/mol. The van der Waals surface area contributed by atoms with Crippen molar-refractivity contribution in [3.8, 4) is 11.4 Å². The molecule has 1 aromatic carbocycles. The van der Waals surface area contributed by atoms with Crippen molar-refractivity contribution in [2.45, 2.75) is 25.8 Å². The second-order valence-corrected chi connectivity index (χ2v) is 7.47. The minimum Gasteiger partial charge on any atom is -0.381 e. The zero-order chi connectivity index (χ0) is 20.2. The second-order valence-electron chi connectivity index (χ2n) is 7.47. The van der Waals surface area contributed by atoms with Gasteiger partial charge >= 0.3 is 0 Å². The fraction of sp³-hybridized carbons (Fsp3) is 0.381. The average Bonchev–Trinajstić information content (AvgIpc) is 3.13. The Morgan fingerprint density at radius 1 is 1.03 bits per heavy atom. The fourth-order valence-electron chi connectivity index (χ4n) is 3.42. The number of nitrogens with one attached hydrogen (secondary N) is 3. The topological polar surface area (TPSA) is 91.0 Å². The van der Waals surface area contributed by atoms with Gasteiger partial charge < -0.3 is 20.3 Å². The van der Waals surface area contributed by atoms with Gasteiger partial charge in [0.15, 0.2) is 11.6 Å². The van der Waals surface area contributed by atoms with E-state index in [1.807, 2.05) is 51.4 Å². The molecular formula is C21H27N7O. The van der Waals surface area contributed by atoms with Crippen LogP contribution in [0.1, 0.15) is 18.5 Å². The lowest BCUT2D eigenvalue weighted by atomic mass is 10.1. The van der Waals surface area contributed by atoms with Crippen molar-refractivity contribution in [3.63, 3.8) is 0 Å². The summed E-state index contributed by atoms with van der Waals surface area (Å²) in [5.41, 5.74) is 3.03. The molecule has 0 radical (unpaired) electrons. The number of para-hydroxylation sites is 1. The fourth-order valence-corrected chi connectivity index (χ4v) is 3.42. The van der Waals surface area contributed by atoms with Crippen LogP contribution in [-0.4, -0.2) is 53.5 Å². The van der Waals surface area contributed by atoms with Gasteiger partial charge in [0.1, 0.15) is 11.6 Å². The van der Waals surface area contributed by atoms with Crippen molar-refractivity contribution in [1.29, 1.82) is 0 Å². The standard InChI is InChI=1S/C21H27N7O/c1-14-12-20(27-26-14)23-19-13-18(22-15-8-10-29-11-9-15)24-21(25-19)16-6-4-5-7-17(16)28(2)3/h4-7,12-13,15H,8-11H2,1-3H3,(H3,22,23,24,25,26,27). The molecule has 3 N–H and O–H groups in total. The summed E-state index contributed by atoms with van der Waals surface area (Å²) in [5.74, 6) is 2.89. The monoisotopic (exact) mass is 393 g/mol. The van der Waals surface area contributed by atoms with E-state index in [9.17, 15) is 0 Å². The highest BCUT2D eigenvalue weighted by Crippen LogP contribution is 2.30. The summed E-state index contributed by atoms with van der Waals surface area (Å²) in [6.45, 7) is 3.52. The molecule has 0 atom stereocenters. The van der Waals surface area contributed by atoms with E-state index in [2.05, 4.69) is 31.8 Å². The van der Waals surface area contributed by atoms with Gasteiger partial charge in [-0.05, 0) is 31.9 Å². The molecule has 0 aliphatic carbocycles. The van der Waals surface area contributed by atoms with Gasteiger partial charge in [-0.2, -0.15) is 5.10 Å². The summed E-state index contributed by atoms with van der Waals surface area (Å²) in [6.07, 6.45) is 1.93. The number of nitrogens with zero attached hydrogens (tertiary/aromatic N) is 4. The number of ether oxygens (including phenoxy) is 1. The first-order chi connectivity index (χ1) is 14.1. The molecule has 0 bridgehead atoms. The maximum absolute atomic E-state index is 5.48. The summed E-state index contributed by atoms with van der Waals surface area (Å²) >= 11 is 0. The normalized spacial score (nSPS) is 14.6. The zero-order valence-electron chi connectivity index (χ0n) is 17.1. The quantitative estimate of drug-likeness (QED) is 0.590. The Morgan fingerprint density at radius 2 is 1.79 bits per heavy atom. The molecule has 1 aliphatic rings. The summed E-state index contributed by atoms with van der Waals surface area (Å²) in [4.78, 5) is 11.7. The zero-order valence-corrected chi connectivity index (χ0v) is 17.1. The van der Waals surface area contributed by atoms with Crippen molar-refractivity contribution in [2.24, 2.45) is 0 Å². The molecule has 0 amide bonds. The highest BCUT2D eigenvalue weighted by atomic mass is 16.5. The Kier molecular flexibility index (Phi) is 5.62. The third-order valence-corrected chi connectivity index (χ3v) is 4.89. The molecule has 1 saturated heterocycles. The highest BCUT2D eigenvalue weighted by Gasteiger charge is 2.17. The molecule has 29 heavy (non-hydrogen) atoms. The van der Waals surface area contributed by atoms with E-state index in [1.54, 1.807) is 0 Å². The third kappa shape index (κ3) is 4.65. The summed E-state index contributed by atoms with van der Waals surface area (Å²) in [7, 11) is 4.04. The number of aryl methyl sites for hydroxylation is 1. The third-order valence-electron chi connectivity index (χ3n) is 4.89. The summed E-state index contributed by atoms with van der Waals surface area (Å²) < 4.78 is 5.48. The number of aromatic nitrogens is 4. The lowest BCUT2D eigenvalue weighted by Crippen LogP contribution is -2.28. The first-order valence-electron chi connectivity index (χ1n) is 9.87. The largest absolute Gasteiger partial charge is 0.381 e. The predicted octanol–water partition coefficient (Wildman–Crippen LogP) is 3.58. The minimum atomic E-state index is 0.344. The molecule has 2 aromatic heterocycles. The Labute approximate surface area is 170 Å². The van der Waals surface area contributed by atoms with Gasteiger partial charge in [0.05, 0.1) is 0 Å². The summed E-state index contributed by atoms with van der Waals surface area (Å²) in [6, 6.07) is 12.4. The van der Waals surface area contributed by atoms with E-state index in [0.29, 0.717) is 17.7 Å². The van der Waals surface area contributed by atoms with E-state index < -0.39 is 0 Å². The smallest absolute Gasteiger partial charge is 0.165 e. The first-order valence-corrected chi connectivity index (χ1v) is 9.87. The lowest BCUT2D eigenvalue weighted by Gasteiger charge is -2.24. The van der Waals surface area contributed by atoms with Crippen LogP contribution < -0.4 is 15.5 Å². The van der Waals surface area contributed by atoms with E-state index in [1.165, 1.54) is 0 Å². The van der Waals surface area contributed by atoms with Crippen molar-refractivity contribution in [2.75, 3.05) is 42.8 Å². The molecular weight excluding hydrogens is 366 g/mol. The molecule has 3 heterocycles. The Morgan fingerprint density at radius 3 is 2.52 bits per heavy atom. The number of benzene rings is 1. The molecule has 0 unspecified atom stereocenters. The summed E-state index contributed by atoms with van der Waals surface area (Å²) in [5, 5.41) is 14.1. The van der Waals surface area contributed by atoms with E-state index >= 15 is 0 Å². The second kappa shape index (κ2) is 8.48. The Bertz CT molecular complexity index is 963. The molecule has 8 nitrogen and oxygen atoms in total. The molecule has 152 valence electrons. The molecule has 1 aliphatic heterocycles. The van der Waals surface area contributed by atoms with Crippen LogP contribution in [0.25, 0.3) is 11.4 Å². The van der Waals surface area contributed by atoms with Gasteiger partial charge in [0, 0.05) is 62.4 Å². The maximum Gasteiger partial charge on any atom is 0.165 e. The van der Waals surface area contributed by atoms with Gasteiger partial charge in [0.2, 0.25) is 0 Å². The van der Waals surface area contributed by atoms with Crippen LogP contribution in [0.2, 0.25) is 0 Å². The molecule has 8 heteroatoms. The molecule has 0 spiro atoms. The minimum absolute atomic E-state index is 0.344. The number of H-pyrrole nitrogens is 1. The number of hydrogen-bond acceptors (Lipinski definition) is 7. The van der Waals surface area contributed by atoms with Crippen LogP contribution in [0.3, 0.4) is 0 Å². The van der Waals surface area contributed by atoms with Crippen LogP contribution in [-0.2, 0) is 4.74 Å². The van der Waals surface area contributed by atoms with Gasteiger partial charge in [-0.1, -0.05) is 12.1 Å². The van der Waals surface area contributed by atoms with E-state index in [4.69, 9.17) is 14.7 Å². The van der Waals surface area contributed by atoms with Crippen LogP contribution in [0.15, 0.2) is 36.4 Å². The molecule has 1 fully saturated rings. The lowest BCUT2D eigenvalue weighted by molar-refractivity contribution is 0.0904. The highest BCUT2D eigenvalue weighted by molar-refractivity contribution is 5.76. The van der Waals surface area contributed by atoms with Crippen LogP contribution in [0, 0.1) is 6.92 Å². The van der Waals surface area contributed by atoms with Gasteiger partial charge in [-0.25, -0.2) is 9.97 Å². The molecule has 0 saturated carbocycles. The van der Waals surface area contributed by atoms with Crippen LogP contribution in [0.5, 0.6) is 0 Å². The van der Waals surface area contributed by atoms with Crippen LogP contribution in [0.4, 0.5) is 23.1 Å². The molecule has 4 rings (SSSR count). The van der Waals surface area contributed by atoms with Crippen molar-refractivity contribution in [3.05, 3.63) is 42.1 Å². The van der Waals surface area contributed by atoms with Gasteiger partial charge in [0.25, 0.3) is 0 Å². The van der Waals surface area contributed by atoms with E-state index in [0.717, 1.165) is 54.6 Å². The van der Waals surface area contributed by atoms with Crippen molar-refractivity contribution < 1.29 is 4.74 Å². The predicted molar refractivity (Wildman–Crippen MR) is 116 cm³/mol. The number of anilines is 4. The molecule has 3 aromatic rings. The van der Waals surface area contributed by atoms with E-state index in [-0.39, 0.29) is 0 Å². The van der Waals surface area contributed by atoms with Crippen LogP contribution >= 0.6 is 0 Å². The Balaban J connectivity index is 1.71. The van der Waals surface area contributed by atoms with Gasteiger partial charge in [-0.3, -0.25) is 5.10 Å². The number of rotatable bonds is 6. The van der Waals surface area contributed by atoms with Gasteiger partial charge in [-0.15, -0.1) is 0 Å². The SMILES string of the molecule is Cc1cc(Nc2cc(NC3CCOCC3)nc(-c3ccccc3N(C)C)n2)n[nH]1. The number of hydrogen-bond donors (Lipinski definition) is 3. The van der Waals surface area contributed by atoms with Crippen molar-refractivity contribution >= 4 is 23.1 Å². The number of aromatic amines is 1. The Hall–Kier alpha value is -3.13.